The molecule has 2 aromatic carbocycles. The monoisotopic (exact) mass is 282 g/mol. The maximum atomic E-state index is 11.1. The molecule has 1 N–H and O–H groups in total. The molecule has 0 saturated carbocycles. The molecule has 0 unspecified atom stereocenters. The molecule has 0 saturated heterocycles. The highest BCUT2D eigenvalue weighted by Gasteiger charge is 2.11. The van der Waals surface area contributed by atoms with Gasteiger partial charge in [-0.05, 0) is 24.3 Å². The topological polar surface area (TPSA) is 64.3 Å². The van der Waals surface area contributed by atoms with Crippen LogP contribution in [0.2, 0.25) is 0 Å². The van der Waals surface area contributed by atoms with Crippen LogP contribution in [0.1, 0.15) is 15.9 Å². The Hall–Kier alpha value is -2.82. The van der Waals surface area contributed by atoms with Crippen LogP contribution in [0, 0.1) is 0 Å². The van der Waals surface area contributed by atoms with Crippen LogP contribution >= 0.6 is 0 Å². The lowest BCUT2D eigenvalue weighted by Crippen LogP contribution is -2.05. The zero-order valence-corrected chi connectivity index (χ0v) is 11.5. The first-order chi connectivity index (χ1) is 10.2. The minimum absolute atomic E-state index is 0.238. The van der Waals surface area contributed by atoms with Gasteiger partial charge in [-0.3, -0.25) is 4.68 Å². The SMILES string of the molecule is COc1ccc(C(=O)O)cc1Cn1ncc2ccccc21. The quantitative estimate of drug-likeness (QED) is 0.799. The molecule has 3 aromatic rings. The van der Waals surface area contributed by atoms with Gasteiger partial charge in [-0.2, -0.15) is 5.10 Å². The summed E-state index contributed by atoms with van der Waals surface area (Å²) in [4.78, 5) is 11.1. The predicted molar refractivity (Wildman–Crippen MR) is 78.8 cm³/mol. The molecule has 1 heterocycles. The van der Waals surface area contributed by atoms with Crippen LogP contribution in [0.5, 0.6) is 5.75 Å². The van der Waals surface area contributed by atoms with Crippen LogP contribution < -0.4 is 4.74 Å². The van der Waals surface area contributed by atoms with Crippen LogP contribution in [-0.4, -0.2) is 28.0 Å². The van der Waals surface area contributed by atoms with Gasteiger partial charge < -0.3 is 9.84 Å². The fourth-order valence-corrected chi connectivity index (χ4v) is 2.35. The minimum Gasteiger partial charge on any atom is -0.496 e. The van der Waals surface area contributed by atoms with Crippen molar-refractivity contribution in [3.63, 3.8) is 0 Å². The largest absolute Gasteiger partial charge is 0.496 e. The van der Waals surface area contributed by atoms with Crippen LogP contribution in [-0.2, 0) is 6.54 Å². The van der Waals surface area contributed by atoms with Crippen molar-refractivity contribution >= 4 is 16.9 Å². The van der Waals surface area contributed by atoms with E-state index in [1.807, 2.05) is 28.9 Å². The molecule has 0 atom stereocenters. The normalized spacial score (nSPS) is 10.7. The standard InChI is InChI=1S/C16H14N2O3/c1-21-15-7-6-11(16(19)20)8-13(15)10-18-14-5-3-2-4-12(14)9-17-18/h2-9H,10H2,1H3,(H,19,20). The van der Waals surface area contributed by atoms with Gasteiger partial charge in [0.15, 0.2) is 0 Å². The third-order valence-corrected chi connectivity index (χ3v) is 3.40. The first kappa shape index (κ1) is 13.2. The summed E-state index contributed by atoms with van der Waals surface area (Å²) in [6.45, 7) is 0.456. The van der Waals surface area contributed by atoms with E-state index >= 15 is 0 Å². The molecule has 5 heteroatoms. The van der Waals surface area contributed by atoms with Gasteiger partial charge in [0, 0.05) is 10.9 Å². The lowest BCUT2D eigenvalue weighted by Gasteiger charge is -2.10. The lowest BCUT2D eigenvalue weighted by molar-refractivity contribution is 0.0696. The predicted octanol–water partition coefficient (Wildman–Crippen LogP) is 2.79. The van der Waals surface area contributed by atoms with E-state index in [-0.39, 0.29) is 5.56 Å². The maximum absolute atomic E-state index is 11.1. The second-order valence-electron chi connectivity index (χ2n) is 4.69. The number of hydrogen-bond donors (Lipinski definition) is 1. The number of benzene rings is 2. The second kappa shape index (κ2) is 5.28. The number of carboxylic acid groups (broad SMARTS) is 1. The summed E-state index contributed by atoms with van der Waals surface area (Å²) in [7, 11) is 1.57. The van der Waals surface area contributed by atoms with Gasteiger partial charge >= 0.3 is 5.97 Å². The number of aromatic nitrogens is 2. The number of nitrogens with zero attached hydrogens (tertiary/aromatic N) is 2. The summed E-state index contributed by atoms with van der Waals surface area (Å²) >= 11 is 0. The fourth-order valence-electron chi connectivity index (χ4n) is 2.35. The third-order valence-electron chi connectivity index (χ3n) is 3.40. The molecule has 21 heavy (non-hydrogen) atoms. The molecule has 3 rings (SSSR count). The smallest absolute Gasteiger partial charge is 0.335 e. The van der Waals surface area contributed by atoms with Crippen LogP contribution in [0.4, 0.5) is 0 Å². The maximum Gasteiger partial charge on any atom is 0.335 e. The minimum atomic E-state index is -0.954. The number of para-hydroxylation sites is 1. The molecule has 0 fully saturated rings. The zero-order chi connectivity index (χ0) is 14.8. The summed E-state index contributed by atoms with van der Waals surface area (Å²) in [6.07, 6.45) is 1.79. The first-order valence-electron chi connectivity index (χ1n) is 6.50. The molecular formula is C16H14N2O3. The van der Waals surface area contributed by atoms with E-state index in [4.69, 9.17) is 9.84 Å². The summed E-state index contributed by atoms with van der Waals surface area (Å²) in [5, 5.41) is 14.5. The highest BCUT2D eigenvalue weighted by atomic mass is 16.5. The molecule has 0 bridgehead atoms. The number of ether oxygens (including phenoxy) is 1. The Labute approximate surface area is 121 Å². The Morgan fingerprint density at radius 2 is 2.10 bits per heavy atom. The van der Waals surface area contributed by atoms with Crippen LogP contribution in [0.3, 0.4) is 0 Å². The van der Waals surface area contributed by atoms with Gasteiger partial charge in [0.25, 0.3) is 0 Å². The van der Waals surface area contributed by atoms with Gasteiger partial charge in [0.2, 0.25) is 0 Å². The van der Waals surface area contributed by atoms with Gasteiger partial charge in [-0.1, -0.05) is 18.2 Å². The average molecular weight is 282 g/mol. The highest BCUT2D eigenvalue weighted by molar-refractivity contribution is 5.88. The number of fused-ring (bicyclic) bond motifs is 1. The molecule has 5 nitrogen and oxygen atoms in total. The van der Waals surface area contributed by atoms with Gasteiger partial charge in [-0.15, -0.1) is 0 Å². The highest BCUT2D eigenvalue weighted by Crippen LogP contribution is 2.23. The van der Waals surface area contributed by atoms with E-state index in [1.54, 1.807) is 25.4 Å². The van der Waals surface area contributed by atoms with Crippen molar-refractivity contribution in [1.29, 1.82) is 0 Å². The van der Waals surface area contributed by atoms with E-state index in [0.29, 0.717) is 12.3 Å². The van der Waals surface area contributed by atoms with Crippen LogP contribution in [0.25, 0.3) is 10.9 Å². The lowest BCUT2D eigenvalue weighted by atomic mass is 10.1. The number of methoxy groups -OCH3 is 1. The average Bonchev–Trinajstić information content (AvgIpc) is 2.90. The van der Waals surface area contributed by atoms with Crippen LogP contribution in [0.15, 0.2) is 48.7 Å². The third kappa shape index (κ3) is 2.45. The molecule has 1 aromatic heterocycles. The first-order valence-corrected chi connectivity index (χ1v) is 6.50. The Balaban J connectivity index is 2.04. The van der Waals surface area contributed by atoms with E-state index < -0.39 is 5.97 Å². The molecule has 106 valence electrons. The van der Waals surface area contributed by atoms with Crippen molar-refractivity contribution in [2.24, 2.45) is 0 Å². The number of carboxylic acids is 1. The van der Waals surface area contributed by atoms with Crippen molar-refractivity contribution in [3.8, 4) is 5.75 Å². The molecule has 0 amide bonds. The molecule has 0 aliphatic heterocycles. The summed E-state index contributed by atoms with van der Waals surface area (Å²) in [5.41, 5.74) is 2.02. The Morgan fingerprint density at radius 3 is 2.86 bits per heavy atom. The van der Waals surface area contributed by atoms with Gasteiger partial charge in [-0.25, -0.2) is 4.79 Å². The number of rotatable bonds is 4. The Morgan fingerprint density at radius 1 is 1.29 bits per heavy atom. The van der Waals surface area contributed by atoms with Crippen molar-refractivity contribution < 1.29 is 14.6 Å². The van der Waals surface area contributed by atoms with E-state index in [0.717, 1.165) is 16.5 Å². The van der Waals surface area contributed by atoms with E-state index in [2.05, 4.69) is 5.10 Å². The Kier molecular flexibility index (Phi) is 3.31. The molecule has 0 radical (unpaired) electrons. The summed E-state index contributed by atoms with van der Waals surface area (Å²) in [5.74, 6) is -0.302. The zero-order valence-electron chi connectivity index (χ0n) is 11.5. The summed E-state index contributed by atoms with van der Waals surface area (Å²) < 4.78 is 7.14. The molecule has 0 spiro atoms. The number of aromatic carboxylic acids is 1. The number of hydrogen-bond acceptors (Lipinski definition) is 3. The fraction of sp³-hybridized carbons (Fsp3) is 0.125. The molecular weight excluding hydrogens is 268 g/mol. The van der Waals surface area contributed by atoms with E-state index in [9.17, 15) is 4.79 Å². The van der Waals surface area contributed by atoms with Gasteiger partial charge in [0.05, 0.1) is 30.9 Å². The molecule has 0 aliphatic carbocycles. The van der Waals surface area contributed by atoms with Gasteiger partial charge in [0.1, 0.15) is 5.75 Å². The number of carbonyl (C=O) groups is 1. The summed E-state index contributed by atoms with van der Waals surface area (Å²) in [6, 6.07) is 12.7. The van der Waals surface area contributed by atoms with Crippen molar-refractivity contribution in [2.75, 3.05) is 7.11 Å². The van der Waals surface area contributed by atoms with Crippen molar-refractivity contribution in [2.45, 2.75) is 6.54 Å². The second-order valence-corrected chi connectivity index (χ2v) is 4.69. The van der Waals surface area contributed by atoms with E-state index in [1.165, 1.54) is 6.07 Å². The van der Waals surface area contributed by atoms with Crippen molar-refractivity contribution in [3.05, 3.63) is 59.8 Å². The van der Waals surface area contributed by atoms with Crippen molar-refractivity contribution in [1.82, 2.24) is 9.78 Å². The molecule has 0 aliphatic rings. The Bertz CT molecular complexity index is 808.